The van der Waals surface area contributed by atoms with E-state index in [0.29, 0.717) is 30.8 Å². The number of allylic oxidation sites excluding steroid dienone is 2. The quantitative estimate of drug-likeness (QED) is 0.704. The van der Waals surface area contributed by atoms with Crippen LogP contribution in [0.1, 0.15) is 71.6 Å². The Morgan fingerprint density at radius 1 is 1.13 bits per heavy atom. The van der Waals surface area contributed by atoms with Crippen molar-refractivity contribution in [3.05, 3.63) is 11.1 Å². The number of Topliss-reactive ketones (excluding diaryl/α,β-unsaturated/α-hetero) is 1. The predicted molar refractivity (Wildman–Crippen MR) is 111 cm³/mol. The van der Waals surface area contributed by atoms with Crippen LogP contribution in [0.5, 0.6) is 0 Å². The van der Waals surface area contributed by atoms with E-state index >= 15 is 0 Å². The number of carbonyl (C=O) groups is 1. The zero-order valence-corrected chi connectivity index (χ0v) is 18.5. The number of aliphatic hydroxyl groups is 1. The van der Waals surface area contributed by atoms with Gasteiger partial charge in [-0.15, -0.1) is 0 Å². The third kappa shape index (κ3) is 2.17. The van der Waals surface area contributed by atoms with Crippen molar-refractivity contribution in [3.8, 4) is 0 Å². The fraction of sp³-hybridized carbons (Fsp3) is 0.885. The van der Waals surface area contributed by atoms with Gasteiger partial charge in [-0.1, -0.05) is 25.0 Å². The van der Waals surface area contributed by atoms with Gasteiger partial charge in [-0.3, -0.25) is 4.79 Å². The van der Waals surface area contributed by atoms with Crippen LogP contribution in [-0.2, 0) is 14.3 Å². The maximum Gasteiger partial charge on any atom is 0.157 e. The molecular formula is C26H36O4. The lowest BCUT2D eigenvalue weighted by Gasteiger charge is -2.59. The number of hydrogen-bond donors (Lipinski definition) is 1. The van der Waals surface area contributed by atoms with Crippen molar-refractivity contribution < 1.29 is 19.4 Å². The van der Waals surface area contributed by atoms with E-state index in [1.165, 1.54) is 19.3 Å². The number of fused-ring (bicyclic) bond motifs is 9. The van der Waals surface area contributed by atoms with Gasteiger partial charge in [-0.05, 0) is 84.9 Å². The first kappa shape index (κ1) is 18.8. The molecular weight excluding hydrogens is 376 g/mol. The van der Waals surface area contributed by atoms with Crippen LogP contribution in [0.25, 0.3) is 0 Å². The number of hydrogen-bond acceptors (Lipinski definition) is 4. The Bertz CT molecular complexity index is 842. The minimum Gasteiger partial charge on any atom is -0.389 e. The Balaban J connectivity index is 1.22. The van der Waals surface area contributed by atoms with Gasteiger partial charge in [-0.25, -0.2) is 0 Å². The largest absolute Gasteiger partial charge is 0.389 e. The molecule has 4 heteroatoms. The van der Waals surface area contributed by atoms with E-state index in [1.54, 1.807) is 11.1 Å². The number of ether oxygens (including phenoxy) is 2. The van der Waals surface area contributed by atoms with Crippen molar-refractivity contribution in [2.75, 3.05) is 13.2 Å². The molecule has 0 amide bonds. The lowest BCUT2D eigenvalue weighted by molar-refractivity contribution is -0.160. The Hall–Kier alpha value is -0.710. The molecule has 0 radical (unpaired) electrons. The monoisotopic (exact) mass is 412 g/mol. The second kappa shape index (κ2) is 5.80. The average Bonchev–Trinajstić information content (AvgIpc) is 3.62. The molecule has 1 aliphatic heterocycles. The van der Waals surface area contributed by atoms with Crippen LogP contribution in [0.2, 0.25) is 0 Å². The van der Waals surface area contributed by atoms with Crippen molar-refractivity contribution >= 4 is 5.78 Å². The van der Waals surface area contributed by atoms with Crippen LogP contribution in [0.15, 0.2) is 11.1 Å². The van der Waals surface area contributed by atoms with Gasteiger partial charge in [0.05, 0.1) is 18.8 Å². The van der Waals surface area contributed by atoms with Gasteiger partial charge in [0.1, 0.15) is 5.78 Å². The van der Waals surface area contributed by atoms with E-state index in [0.717, 1.165) is 62.2 Å². The summed E-state index contributed by atoms with van der Waals surface area (Å²) in [7, 11) is 0. The molecule has 1 heterocycles. The highest BCUT2D eigenvalue weighted by Gasteiger charge is 2.77. The molecule has 30 heavy (non-hydrogen) atoms. The normalized spacial score (nSPS) is 56.2. The number of ketones is 1. The van der Waals surface area contributed by atoms with Crippen LogP contribution >= 0.6 is 0 Å². The summed E-state index contributed by atoms with van der Waals surface area (Å²) in [5, 5.41) is 12.2. The molecule has 0 aromatic rings. The lowest BCUT2D eigenvalue weighted by Crippen LogP contribution is -2.57. The van der Waals surface area contributed by atoms with Gasteiger partial charge >= 0.3 is 0 Å². The molecule has 0 spiro atoms. The lowest BCUT2D eigenvalue weighted by atomic mass is 9.45. The van der Waals surface area contributed by atoms with Crippen molar-refractivity contribution in [1.82, 2.24) is 0 Å². The molecule has 9 atom stereocenters. The second-order valence-electron chi connectivity index (χ2n) is 12.3. The topological polar surface area (TPSA) is 55.8 Å². The van der Waals surface area contributed by atoms with Crippen molar-refractivity contribution in [1.29, 1.82) is 0 Å². The van der Waals surface area contributed by atoms with Crippen molar-refractivity contribution in [2.24, 2.45) is 46.3 Å². The first-order chi connectivity index (χ1) is 14.4. The van der Waals surface area contributed by atoms with E-state index in [1.807, 2.05) is 0 Å². The minimum absolute atomic E-state index is 0.0341. The van der Waals surface area contributed by atoms with E-state index < -0.39 is 5.60 Å². The molecule has 5 saturated carbocycles. The molecule has 164 valence electrons. The van der Waals surface area contributed by atoms with E-state index in [4.69, 9.17) is 9.47 Å². The van der Waals surface area contributed by atoms with Gasteiger partial charge in [-0.2, -0.15) is 0 Å². The number of rotatable bonds is 3. The summed E-state index contributed by atoms with van der Waals surface area (Å²) in [5.41, 5.74) is 2.96. The molecule has 1 saturated heterocycles. The second-order valence-corrected chi connectivity index (χ2v) is 12.3. The van der Waals surface area contributed by atoms with Gasteiger partial charge in [0.15, 0.2) is 6.29 Å². The summed E-state index contributed by atoms with van der Waals surface area (Å²) < 4.78 is 11.4. The Kier molecular flexibility index (Phi) is 3.64. The van der Waals surface area contributed by atoms with Gasteiger partial charge in [0.25, 0.3) is 0 Å². The van der Waals surface area contributed by atoms with Crippen molar-refractivity contribution in [3.63, 3.8) is 0 Å². The highest BCUT2D eigenvalue weighted by atomic mass is 16.7. The first-order valence-electron chi connectivity index (χ1n) is 12.6. The predicted octanol–water partition coefficient (Wildman–Crippen LogP) is 4.26. The molecule has 7 aliphatic rings. The molecule has 4 nitrogen and oxygen atoms in total. The summed E-state index contributed by atoms with van der Waals surface area (Å²) in [4.78, 5) is 12.3. The Labute approximate surface area is 179 Å². The van der Waals surface area contributed by atoms with Crippen LogP contribution in [-0.4, -0.2) is 36.0 Å². The molecule has 0 aromatic carbocycles. The van der Waals surface area contributed by atoms with Gasteiger partial charge in [0.2, 0.25) is 0 Å². The molecule has 3 unspecified atom stereocenters. The van der Waals surface area contributed by atoms with Crippen molar-refractivity contribution in [2.45, 2.75) is 83.5 Å². The highest BCUT2D eigenvalue weighted by molar-refractivity contribution is 5.83. The highest BCUT2D eigenvalue weighted by Crippen LogP contribution is 2.80. The van der Waals surface area contributed by atoms with Crippen LogP contribution < -0.4 is 0 Å². The average molecular weight is 413 g/mol. The summed E-state index contributed by atoms with van der Waals surface area (Å²) in [6, 6.07) is 0. The molecule has 7 rings (SSSR count). The Morgan fingerprint density at radius 2 is 1.93 bits per heavy atom. The fourth-order valence-electron chi connectivity index (χ4n) is 9.81. The molecule has 6 aliphatic carbocycles. The molecule has 1 N–H and O–H groups in total. The van der Waals surface area contributed by atoms with Gasteiger partial charge in [0, 0.05) is 19.3 Å². The zero-order chi connectivity index (χ0) is 20.5. The van der Waals surface area contributed by atoms with Gasteiger partial charge < -0.3 is 14.6 Å². The first-order valence-corrected chi connectivity index (χ1v) is 12.6. The SMILES string of the molecule is C[C@]12CCC(=O)CC1=C1C[C@@H]1C1C2CC[C@@]2(C)C1[C@@H]1C[C@@H]1[C@@]2(O)CCC1OCCO1. The zero-order valence-electron chi connectivity index (χ0n) is 18.5. The standard InChI is InChI=1S/C26H36O4/c1-24-6-3-14(27)11-19(24)15-12-16(15)22-18(24)4-7-25(2)23(22)17-13-20(17)26(25,28)8-5-21-29-9-10-30-21/h16-18,20-23,28H,3-13H2,1-2H3/t16-,17+,18?,20-,22?,23?,24+,25-,26-/m0/s1. The Morgan fingerprint density at radius 3 is 2.73 bits per heavy atom. The van der Waals surface area contributed by atoms with Crippen LogP contribution in [0.4, 0.5) is 0 Å². The summed E-state index contributed by atoms with van der Waals surface area (Å²) >= 11 is 0. The summed E-state index contributed by atoms with van der Waals surface area (Å²) in [6.45, 7) is 6.32. The van der Waals surface area contributed by atoms with E-state index in [2.05, 4.69) is 13.8 Å². The molecule has 6 fully saturated rings. The minimum atomic E-state index is -0.551. The molecule has 0 aromatic heterocycles. The van der Waals surface area contributed by atoms with Crippen LogP contribution in [0.3, 0.4) is 0 Å². The smallest absolute Gasteiger partial charge is 0.157 e. The maximum atomic E-state index is 12.3. The third-order valence-corrected chi connectivity index (χ3v) is 11.3. The summed E-state index contributed by atoms with van der Waals surface area (Å²) in [5.74, 6) is 4.52. The summed E-state index contributed by atoms with van der Waals surface area (Å²) in [6.07, 6.45) is 8.97. The number of carbonyl (C=O) groups excluding carboxylic acids is 1. The molecule has 0 bridgehead atoms. The van der Waals surface area contributed by atoms with E-state index in [9.17, 15) is 9.90 Å². The third-order valence-electron chi connectivity index (χ3n) is 11.3. The van der Waals surface area contributed by atoms with Crippen LogP contribution in [0, 0.1) is 46.3 Å². The maximum absolute atomic E-state index is 12.3. The fourth-order valence-corrected chi connectivity index (χ4v) is 9.81. The van der Waals surface area contributed by atoms with E-state index in [-0.39, 0.29) is 17.1 Å².